The van der Waals surface area contributed by atoms with Gasteiger partial charge in [-0.05, 0) is 29.8 Å². The molecule has 0 saturated heterocycles. The lowest BCUT2D eigenvalue weighted by molar-refractivity contribution is 0.112. The van der Waals surface area contributed by atoms with Gasteiger partial charge in [0.1, 0.15) is 0 Å². The highest BCUT2D eigenvalue weighted by Gasteiger charge is 2.22. The Labute approximate surface area is 162 Å². The van der Waals surface area contributed by atoms with Crippen molar-refractivity contribution in [2.45, 2.75) is 0 Å². The van der Waals surface area contributed by atoms with Crippen molar-refractivity contribution in [2.75, 3.05) is 0 Å². The lowest BCUT2D eigenvalue weighted by Crippen LogP contribution is -2.04. The Morgan fingerprint density at radius 3 is 2.40 bits per heavy atom. The molecule has 0 radical (unpaired) electrons. The summed E-state index contributed by atoms with van der Waals surface area (Å²) in [5.41, 5.74) is 1.89. The molecule has 7 heteroatoms. The molecule has 3 rings (SSSR count). The number of benzene rings is 2. The van der Waals surface area contributed by atoms with E-state index in [2.05, 4.69) is 20.9 Å². The van der Waals surface area contributed by atoms with Crippen LogP contribution in [0.4, 0.5) is 0 Å². The van der Waals surface area contributed by atoms with Crippen LogP contribution in [0.15, 0.2) is 46.9 Å². The predicted octanol–water partition coefficient (Wildman–Crippen LogP) is 5.69. The van der Waals surface area contributed by atoms with E-state index in [1.807, 2.05) is 12.1 Å². The number of nitrogens with one attached hydrogen (secondary N) is 2. The number of hydrogen-bond donors (Lipinski definition) is 3. The summed E-state index contributed by atoms with van der Waals surface area (Å²) in [4.78, 5) is 14.5. The SMILES string of the molecule is N=C(c1ccc(Cl)c(Cl)c1)c1c(O)[nH]c(-c2ccc(Br)cc2)c1C=O. The summed E-state index contributed by atoms with van der Waals surface area (Å²) in [5.74, 6) is -0.254. The summed E-state index contributed by atoms with van der Waals surface area (Å²) in [6.45, 7) is 0. The van der Waals surface area contributed by atoms with Gasteiger partial charge in [-0.15, -0.1) is 0 Å². The van der Waals surface area contributed by atoms with Gasteiger partial charge >= 0.3 is 0 Å². The van der Waals surface area contributed by atoms with Crippen LogP contribution in [0.2, 0.25) is 10.0 Å². The first-order valence-corrected chi connectivity index (χ1v) is 8.67. The first kappa shape index (κ1) is 17.7. The van der Waals surface area contributed by atoms with E-state index in [9.17, 15) is 9.90 Å². The van der Waals surface area contributed by atoms with Crippen LogP contribution < -0.4 is 0 Å². The molecule has 0 saturated carbocycles. The summed E-state index contributed by atoms with van der Waals surface area (Å²) >= 11 is 15.3. The molecule has 126 valence electrons. The average molecular weight is 438 g/mol. The Morgan fingerprint density at radius 2 is 1.80 bits per heavy atom. The lowest BCUT2D eigenvalue weighted by Gasteiger charge is -2.06. The van der Waals surface area contributed by atoms with E-state index in [0.717, 1.165) is 4.47 Å². The summed E-state index contributed by atoms with van der Waals surface area (Å²) in [7, 11) is 0. The molecule has 0 aliphatic heterocycles. The maximum atomic E-state index is 11.7. The lowest BCUT2D eigenvalue weighted by atomic mass is 9.98. The minimum atomic E-state index is -0.254. The first-order valence-electron chi connectivity index (χ1n) is 7.12. The van der Waals surface area contributed by atoms with Crippen molar-refractivity contribution in [1.82, 2.24) is 4.98 Å². The van der Waals surface area contributed by atoms with Crippen LogP contribution in [0.25, 0.3) is 11.3 Å². The standard InChI is InChI=1S/C18H11BrCl2N2O2/c19-11-4-1-9(2-5-11)17-12(8-24)15(18(25)23-17)16(22)10-3-6-13(20)14(21)7-10/h1-8,22-23,25H. The van der Waals surface area contributed by atoms with E-state index in [0.29, 0.717) is 33.2 Å². The van der Waals surface area contributed by atoms with E-state index in [1.165, 1.54) is 6.07 Å². The highest BCUT2D eigenvalue weighted by molar-refractivity contribution is 9.10. The summed E-state index contributed by atoms with van der Waals surface area (Å²) < 4.78 is 0.892. The van der Waals surface area contributed by atoms with Crippen molar-refractivity contribution in [2.24, 2.45) is 0 Å². The molecule has 3 N–H and O–H groups in total. The monoisotopic (exact) mass is 436 g/mol. The van der Waals surface area contributed by atoms with E-state index in [4.69, 9.17) is 28.6 Å². The fourth-order valence-electron chi connectivity index (χ4n) is 2.51. The Hall–Kier alpha value is -2.08. The number of aldehydes is 1. The number of halogens is 3. The average Bonchev–Trinajstić information content (AvgIpc) is 2.93. The van der Waals surface area contributed by atoms with E-state index in [1.54, 1.807) is 24.3 Å². The summed E-state index contributed by atoms with van der Waals surface area (Å²) in [6, 6.07) is 11.9. The molecule has 3 aromatic rings. The molecule has 0 bridgehead atoms. The van der Waals surface area contributed by atoms with Gasteiger partial charge in [0.05, 0.1) is 32.6 Å². The molecule has 0 aliphatic rings. The molecule has 1 heterocycles. The minimum absolute atomic E-state index is 0.0298. The van der Waals surface area contributed by atoms with E-state index < -0.39 is 0 Å². The third-order valence-electron chi connectivity index (χ3n) is 3.73. The number of rotatable bonds is 4. The number of aromatic nitrogens is 1. The Balaban J connectivity index is 2.13. The third kappa shape index (κ3) is 3.35. The molecular weight excluding hydrogens is 427 g/mol. The van der Waals surface area contributed by atoms with Crippen molar-refractivity contribution >= 4 is 51.1 Å². The molecule has 0 fully saturated rings. The molecule has 0 aliphatic carbocycles. The fourth-order valence-corrected chi connectivity index (χ4v) is 3.07. The van der Waals surface area contributed by atoms with Crippen molar-refractivity contribution in [3.8, 4) is 17.1 Å². The number of aromatic hydroxyl groups is 1. The molecule has 0 unspecified atom stereocenters. The van der Waals surface area contributed by atoms with Gasteiger partial charge in [-0.3, -0.25) is 10.2 Å². The van der Waals surface area contributed by atoms with Crippen LogP contribution in [-0.4, -0.2) is 22.1 Å². The highest BCUT2D eigenvalue weighted by Crippen LogP contribution is 2.34. The third-order valence-corrected chi connectivity index (χ3v) is 5.00. The van der Waals surface area contributed by atoms with Crippen LogP contribution in [0.3, 0.4) is 0 Å². The maximum Gasteiger partial charge on any atom is 0.199 e. The molecular formula is C18H11BrCl2N2O2. The van der Waals surface area contributed by atoms with Crippen molar-refractivity contribution in [3.63, 3.8) is 0 Å². The molecule has 0 amide bonds. The quantitative estimate of drug-likeness (QED) is 0.362. The van der Waals surface area contributed by atoms with Gasteiger partial charge in [-0.1, -0.05) is 57.3 Å². The molecule has 2 aromatic carbocycles. The largest absolute Gasteiger partial charge is 0.494 e. The molecule has 4 nitrogen and oxygen atoms in total. The number of H-pyrrole nitrogens is 1. The van der Waals surface area contributed by atoms with Gasteiger partial charge in [0, 0.05) is 10.0 Å². The zero-order valence-electron chi connectivity index (χ0n) is 12.6. The predicted molar refractivity (Wildman–Crippen MR) is 103 cm³/mol. The first-order chi connectivity index (χ1) is 11.9. The van der Waals surface area contributed by atoms with Crippen LogP contribution in [0.5, 0.6) is 5.88 Å². The van der Waals surface area contributed by atoms with Gasteiger partial charge in [0.25, 0.3) is 0 Å². The zero-order valence-corrected chi connectivity index (χ0v) is 15.7. The molecule has 1 aromatic heterocycles. The normalized spacial score (nSPS) is 10.7. The summed E-state index contributed by atoms with van der Waals surface area (Å²) in [6.07, 6.45) is 0.620. The molecule has 25 heavy (non-hydrogen) atoms. The van der Waals surface area contributed by atoms with Gasteiger partial charge < -0.3 is 10.1 Å². The van der Waals surface area contributed by atoms with Crippen LogP contribution in [0.1, 0.15) is 21.5 Å². The second kappa shape index (κ2) is 7.04. The highest BCUT2D eigenvalue weighted by atomic mass is 79.9. The topological polar surface area (TPSA) is 76.9 Å². The summed E-state index contributed by atoms with van der Waals surface area (Å²) in [5, 5.41) is 19.3. The van der Waals surface area contributed by atoms with Crippen molar-refractivity contribution < 1.29 is 9.90 Å². The Kier molecular flexibility index (Phi) is 4.99. The number of carbonyl (C=O) groups excluding carboxylic acids is 1. The number of hydrogen-bond acceptors (Lipinski definition) is 3. The van der Waals surface area contributed by atoms with E-state index in [-0.39, 0.29) is 22.7 Å². The number of aromatic amines is 1. The van der Waals surface area contributed by atoms with Gasteiger partial charge in [0.2, 0.25) is 0 Å². The zero-order chi connectivity index (χ0) is 18.1. The van der Waals surface area contributed by atoms with Crippen molar-refractivity contribution in [3.05, 3.63) is 73.7 Å². The van der Waals surface area contributed by atoms with Gasteiger partial charge in [-0.2, -0.15) is 0 Å². The molecule has 0 atom stereocenters. The van der Waals surface area contributed by atoms with Crippen LogP contribution >= 0.6 is 39.1 Å². The van der Waals surface area contributed by atoms with Crippen molar-refractivity contribution in [1.29, 1.82) is 5.41 Å². The van der Waals surface area contributed by atoms with Crippen LogP contribution in [-0.2, 0) is 0 Å². The van der Waals surface area contributed by atoms with Gasteiger partial charge in [0.15, 0.2) is 12.2 Å². The van der Waals surface area contributed by atoms with Crippen LogP contribution in [0, 0.1) is 5.41 Å². The van der Waals surface area contributed by atoms with Gasteiger partial charge in [-0.25, -0.2) is 0 Å². The Bertz CT molecular complexity index is 981. The minimum Gasteiger partial charge on any atom is -0.494 e. The smallest absolute Gasteiger partial charge is 0.199 e. The second-order valence-electron chi connectivity index (χ2n) is 5.27. The maximum absolute atomic E-state index is 11.7. The molecule has 0 spiro atoms. The number of carbonyl (C=O) groups is 1. The van der Waals surface area contributed by atoms with E-state index >= 15 is 0 Å². The second-order valence-corrected chi connectivity index (χ2v) is 7.00. The fraction of sp³-hybridized carbons (Fsp3) is 0. The Morgan fingerprint density at radius 1 is 1.12 bits per heavy atom.